The zero-order valence-electron chi connectivity index (χ0n) is 17.6. The van der Waals surface area contributed by atoms with E-state index in [2.05, 4.69) is 4.90 Å². The van der Waals surface area contributed by atoms with Gasteiger partial charge in [-0.3, -0.25) is 9.59 Å². The van der Waals surface area contributed by atoms with E-state index in [1.807, 2.05) is 0 Å². The summed E-state index contributed by atoms with van der Waals surface area (Å²) in [5, 5.41) is 10.3. The van der Waals surface area contributed by atoms with Crippen molar-refractivity contribution < 1.29 is 14.7 Å². The standard InChI is InChI=1S/C25H35NO3/c27-20(26-2-1-3-26)22-6-16-4-17(7-22)11-24(10-16,14-22)25-12-18-5-19(13-25)9-23(8-18,15-25)21(28)29/h16-19H,1-15H2,(H,28,29). The third-order valence-corrected chi connectivity index (χ3v) is 11.3. The summed E-state index contributed by atoms with van der Waals surface area (Å²) in [6, 6.07) is 0. The Morgan fingerprint density at radius 3 is 1.55 bits per heavy atom. The first kappa shape index (κ1) is 17.6. The second kappa shape index (κ2) is 5.22. The van der Waals surface area contributed by atoms with Gasteiger partial charge in [0.1, 0.15) is 0 Å². The van der Waals surface area contributed by atoms with Gasteiger partial charge in [0.25, 0.3) is 0 Å². The lowest BCUT2D eigenvalue weighted by Crippen LogP contribution is -2.67. The first-order chi connectivity index (χ1) is 13.9. The molecule has 4 heteroatoms. The first-order valence-electron chi connectivity index (χ1n) is 12.4. The Kier molecular flexibility index (Phi) is 3.17. The lowest BCUT2D eigenvalue weighted by Gasteiger charge is -2.73. The highest BCUT2D eigenvalue weighted by Gasteiger charge is 2.72. The van der Waals surface area contributed by atoms with Crippen molar-refractivity contribution in [2.45, 2.75) is 83.5 Å². The van der Waals surface area contributed by atoms with E-state index in [0.717, 1.165) is 63.5 Å². The van der Waals surface area contributed by atoms with Gasteiger partial charge in [0.15, 0.2) is 0 Å². The van der Waals surface area contributed by atoms with Gasteiger partial charge in [0, 0.05) is 13.1 Å². The average molecular weight is 398 g/mol. The van der Waals surface area contributed by atoms with E-state index in [0.29, 0.717) is 17.7 Å². The Hall–Kier alpha value is -1.06. The highest BCUT2D eigenvalue weighted by atomic mass is 16.4. The molecule has 158 valence electrons. The molecule has 0 aromatic carbocycles. The number of carbonyl (C=O) groups is 2. The van der Waals surface area contributed by atoms with Crippen molar-refractivity contribution in [2.75, 3.05) is 13.1 Å². The van der Waals surface area contributed by atoms with E-state index >= 15 is 0 Å². The highest BCUT2D eigenvalue weighted by molar-refractivity contribution is 5.84. The van der Waals surface area contributed by atoms with Crippen molar-refractivity contribution in [3.8, 4) is 0 Å². The van der Waals surface area contributed by atoms with E-state index in [9.17, 15) is 14.7 Å². The molecule has 1 heterocycles. The fourth-order valence-electron chi connectivity index (χ4n) is 11.1. The van der Waals surface area contributed by atoms with Crippen molar-refractivity contribution in [1.82, 2.24) is 4.90 Å². The fraction of sp³-hybridized carbons (Fsp3) is 0.920. The number of hydrogen-bond donors (Lipinski definition) is 1. The molecule has 0 spiro atoms. The third-order valence-electron chi connectivity index (χ3n) is 11.3. The van der Waals surface area contributed by atoms with Crippen LogP contribution in [0.15, 0.2) is 0 Å². The summed E-state index contributed by atoms with van der Waals surface area (Å²) >= 11 is 0. The number of carboxylic acids is 1. The summed E-state index contributed by atoms with van der Waals surface area (Å²) in [5.74, 6) is 2.67. The number of nitrogens with zero attached hydrogens (tertiary/aromatic N) is 1. The molecule has 8 aliphatic carbocycles. The van der Waals surface area contributed by atoms with Crippen molar-refractivity contribution >= 4 is 11.9 Å². The Balaban J connectivity index is 1.31. The second-order valence-electron chi connectivity index (χ2n) is 13.0. The average Bonchev–Trinajstić information content (AvgIpc) is 2.58. The molecule has 9 aliphatic rings. The molecule has 8 bridgehead atoms. The molecule has 4 unspecified atom stereocenters. The molecule has 1 N–H and O–H groups in total. The van der Waals surface area contributed by atoms with Crippen LogP contribution in [0, 0.1) is 45.3 Å². The van der Waals surface area contributed by atoms with Crippen LogP contribution in [0.25, 0.3) is 0 Å². The molecule has 9 fully saturated rings. The molecular weight excluding hydrogens is 362 g/mol. The molecule has 0 radical (unpaired) electrons. The second-order valence-corrected chi connectivity index (χ2v) is 13.0. The summed E-state index contributed by atoms with van der Waals surface area (Å²) in [6.07, 6.45) is 15.1. The lowest BCUT2D eigenvalue weighted by molar-refractivity contribution is -0.241. The molecule has 9 rings (SSSR count). The molecular formula is C25H35NO3. The van der Waals surface area contributed by atoms with E-state index in [1.54, 1.807) is 0 Å². The topological polar surface area (TPSA) is 57.6 Å². The molecule has 8 saturated carbocycles. The van der Waals surface area contributed by atoms with Crippen LogP contribution in [0.3, 0.4) is 0 Å². The normalized spacial score (nSPS) is 56.5. The summed E-state index contributed by atoms with van der Waals surface area (Å²) in [5.41, 5.74) is -0.0595. The summed E-state index contributed by atoms with van der Waals surface area (Å²) in [6.45, 7) is 1.95. The lowest BCUT2D eigenvalue weighted by atomic mass is 9.31. The van der Waals surface area contributed by atoms with E-state index < -0.39 is 11.4 Å². The maximum Gasteiger partial charge on any atom is 0.309 e. The van der Waals surface area contributed by atoms with Gasteiger partial charge in [0.2, 0.25) is 5.91 Å². The minimum Gasteiger partial charge on any atom is -0.481 e. The molecule has 1 aliphatic heterocycles. The van der Waals surface area contributed by atoms with Gasteiger partial charge in [-0.2, -0.15) is 0 Å². The molecule has 1 saturated heterocycles. The molecule has 4 atom stereocenters. The first-order valence-corrected chi connectivity index (χ1v) is 12.4. The van der Waals surface area contributed by atoms with Crippen molar-refractivity contribution in [3.05, 3.63) is 0 Å². The van der Waals surface area contributed by atoms with Crippen molar-refractivity contribution in [2.24, 2.45) is 45.3 Å². The van der Waals surface area contributed by atoms with Crippen molar-refractivity contribution in [3.63, 3.8) is 0 Å². The number of aliphatic carboxylic acids is 1. The molecule has 4 nitrogen and oxygen atoms in total. The van der Waals surface area contributed by atoms with Gasteiger partial charge >= 0.3 is 5.97 Å². The minimum atomic E-state index is -0.507. The van der Waals surface area contributed by atoms with Gasteiger partial charge in [-0.05, 0) is 118 Å². The van der Waals surface area contributed by atoms with Gasteiger partial charge in [0.05, 0.1) is 10.8 Å². The Morgan fingerprint density at radius 1 is 0.690 bits per heavy atom. The zero-order valence-corrected chi connectivity index (χ0v) is 17.6. The Morgan fingerprint density at radius 2 is 1.14 bits per heavy atom. The number of rotatable bonds is 3. The molecule has 29 heavy (non-hydrogen) atoms. The predicted molar refractivity (Wildman–Crippen MR) is 108 cm³/mol. The fourth-order valence-corrected chi connectivity index (χ4v) is 11.1. The monoisotopic (exact) mass is 397 g/mol. The number of hydrogen-bond acceptors (Lipinski definition) is 2. The predicted octanol–water partition coefficient (Wildman–Crippen LogP) is 4.48. The highest BCUT2D eigenvalue weighted by Crippen LogP contribution is 2.78. The summed E-state index contributed by atoms with van der Waals surface area (Å²) in [7, 11) is 0. The zero-order chi connectivity index (χ0) is 19.6. The Labute approximate surface area is 173 Å². The van der Waals surface area contributed by atoms with Gasteiger partial charge < -0.3 is 10.0 Å². The van der Waals surface area contributed by atoms with Crippen LogP contribution in [0.2, 0.25) is 0 Å². The molecule has 1 amide bonds. The molecule has 0 aromatic heterocycles. The van der Waals surface area contributed by atoms with Crippen LogP contribution in [0.1, 0.15) is 83.5 Å². The van der Waals surface area contributed by atoms with E-state index in [1.165, 1.54) is 44.9 Å². The van der Waals surface area contributed by atoms with E-state index in [-0.39, 0.29) is 16.2 Å². The quantitative estimate of drug-likeness (QED) is 0.764. The summed E-state index contributed by atoms with van der Waals surface area (Å²) < 4.78 is 0. The van der Waals surface area contributed by atoms with Crippen LogP contribution < -0.4 is 0 Å². The SMILES string of the molecule is O=C(O)C12CC3CC(C1)CC(C14CC5CC(CC(C(=O)N6CCC6)(C5)C1)C4)(C3)C2. The van der Waals surface area contributed by atoms with Gasteiger partial charge in [-0.15, -0.1) is 0 Å². The van der Waals surface area contributed by atoms with Gasteiger partial charge in [-0.1, -0.05) is 0 Å². The van der Waals surface area contributed by atoms with Crippen LogP contribution in [0.4, 0.5) is 0 Å². The minimum absolute atomic E-state index is 0.0930. The largest absolute Gasteiger partial charge is 0.481 e. The smallest absolute Gasteiger partial charge is 0.309 e. The summed E-state index contributed by atoms with van der Waals surface area (Å²) in [4.78, 5) is 28.3. The maximum absolute atomic E-state index is 13.7. The van der Waals surface area contributed by atoms with Crippen LogP contribution >= 0.6 is 0 Å². The van der Waals surface area contributed by atoms with Crippen LogP contribution in [-0.4, -0.2) is 35.0 Å². The van der Waals surface area contributed by atoms with Crippen LogP contribution in [0.5, 0.6) is 0 Å². The Bertz CT molecular complexity index is 770. The number of carbonyl (C=O) groups excluding carboxylic acids is 1. The van der Waals surface area contributed by atoms with Gasteiger partial charge in [-0.25, -0.2) is 0 Å². The number of likely N-dealkylation sites (tertiary alicyclic amines) is 1. The number of carboxylic acid groups (broad SMARTS) is 1. The van der Waals surface area contributed by atoms with Crippen molar-refractivity contribution in [1.29, 1.82) is 0 Å². The van der Waals surface area contributed by atoms with Crippen LogP contribution in [-0.2, 0) is 9.59 Å². The third kappa shape index (κ3) is 2.07. The maximum atomic E-state index is 13.7. The van der Waals surface area contributed by atoms with E-state index in [4.69, 9.17) is 0 Å². The number of amides is 1. The molecule has 0 aromatic rings.